The van der Waals surface area contributed by atoms with Gasteiger partial charge in [-0.2, -0.15) is 0 Å². The van der Waals surface area contributed by atoms with Crippen molar-refractivity contribution in [2.24, 2.45) is 0 Å². The van der Waals surface area contributed by atoms with E-state index in [2.05, 4.69) is 47.0 Å². The predicted molar refractivity (Wildman–Crippen MR) is 183 cm³/mol. The molecule has 0 spiro atoms. The highest BCUT2D eigenvalue weighted by atomic mass is 79.9. The lowest BCUT2D eigenvalue weighted by Gasteiger charge is -2.57. The number of piperidine rings is 1. The topological polar surface area (TPSA) is 106 Å². The van der Waals surface area contributed by atoms with E-state index >= 15 is 0 Å². The van der Waals surface area contributed by atoms with Gasteiger partial charge in [0.15, 0.2) is 0 Å². The van der Waals surface area contributed by atoms with Crippen LogP contribution in [-0.4, -0.2) is 100 Å². The van der Waals surface area contributed by atoms with Crippen LogP contribution in [0.1, 0.15) is 62.5 Å². The number of anilines is 1. The van der Waals surface area contributed by atoms with Gasteiger partial charge in [-0.3, -0.25) is 14.7 Å². The number of hydrogen-bond acceptors (Lipinski definition) is 7. The second kappa shape index (κ2) is 14.6. The second-order valence-electron chi connectivity index (χ2n) is 13.0. The van der Waals surface area contributed by atoms with Crippen LogP contribution in [0.15, 0.2) is 45.3 Å². The largest absolute Gasteiger partial charge is 0.506 e. The lowest BCUT2D eigenvalue weighted by Crippen LogP contribution is -2.71. The molecule has 2 aromatic rings. The van der Waals surface area contributed by atoms with E-state index in [4.69, 9.17) is 4.74 Å². The number of carbonyl (C=O) groups is 3. The number of likely N-dealkylation sites (tertiary alicyclic amines) is 1. The van der Waals surface area contributed by atoms with Crippen molar-refractivity contribution in [1.29, 1.82) is 0 Å². The normalized spacial score (nSPS) is 25.0. The van der Waals surface area contributed by atoms with Crippen LogP contribution in [0, 0.1) is 0 Å². The van der Waals surface area contributed by atoms with Crippen LogP contribution < -0.4 is 5.32 Å². The predicted octanol–water partition coefficient (Wildman–Crippen LogP) is 6.34. The quantitative estimate of drug-likeness (QED) is 0.318. The van der Waals surface area contributed by atoms with Crippen LogP contribution in [0.2, 0.25) is 0 Å². The summed E-state index contributed by atoms with van der Waals surface area (Å²) in [6.45, 7) is 4.17. The van der Waals surface area contributed by atoms with Crippen molar-refractivity contribution in [1.82, 2.24) is 19.6 Å². The molecule has 0 radical (unpaired) electrons. The molecule has 2 atom stereocenters. The molecule has 0 aromatic heterocycles. The Kier molecular flexibility index (Phi) is 10.6. The van der Waals surface area contributed by atoms with Gasteiger partial charge in [-0.25, -0.2) is 9.59 Å². The van der Waals surface area contributed by atoms with Crippen molar-refractivity contribution in [3.05, 3.63) is 56.5 Å². The third kappa shape index (κ3) is 6.95. The van der Waals surface area contributed by atoms with E-state index in [1.807, 2.05) is 29.2 Å². The average Bonchev–Trinajstić information content (AvgIpc) is 3.24. The van der Waals surface area contributed by atoms with Crippen molar-refractivity contribution in [3.63, 3.8) is 0 Å². The maximum Gasteiger partial charge on any atom is 0.411 e. The summed E-state index contributed by atoms with van der Waals surface area (Å²) in [6.07, 6.45) is 8.67. The highest BCUT2D eigenvalue weighted by Crippen LogP contribution is 2.40. The molecule has 3 aliphatic heterocycles. The first-order valence-corrected chi connectivity index (χ1v) is 18.1. The molecule has 2 saturated heterocycles. The Morgan fingerprint density at radius 1 is 0.978 bits per heavy atom. The molecule has 46 heavy (non-hydrogen) atoms. The van der Waals surface area contributed by atoms with Crippen LogP contribution in [0.25, 0.3) is 0 Å². The summed E-state index contributed by atoms with van der Waals surface area (Å²) in [7, 11) is 0. The molecule has 248 valence electrons. The molecule has 3 heterocycles. The number of phenolic OH excluding ortho intramolecular Hbond substituents is 1. The van der Waals surface area contributed by atoms with Gasteiger partial charge < -0.3 is 24.9 Å². The number of aldehydes is 1. The van der Waals surface area contributed by atoms with Gasteiger partial charge in [0.2, 0.25) is 0 Å². The Bertz CT molecular complexity index is 1410. The van der Waals surface area contributed by atoms with Crippen LogP contribution in [0.3, 0.4) is 0 Å². The molecule has 0 unspecified atom stereocenters. The molecule has 3 fully saturated rings. The highest BCUT2D eigenvalue weighted by Gasteiger charge is 2.52. The van der Waals surface area contributed by atoms with Gasteiger partial charge in [0.1, 0.15) is 24.3 Å². The fraction of sp³-hybridized carbons (Fsp3) is 0.559. The van der Waals surface area contributed by atoms with Crippen molar-refractivity contribution in [3.8, 4) is 5.75 Å². The second-order valence-corrected chi connectivity index (χ2v) is 14.7. The van der Waals surface area contributed by atoms with Gasteiger partial charge in [-0.1, -0.05) is 37.5 Å². The Morgan fingerprint density at radius 3 is 2.41 bits per heavy atom. The lowest BCUT2D eigenvalue weighted by molar-refractivity contribution is -0.130. The third-order valence-corrected chi connectivity index (χ3v) is 11.6. The van der Waals surface area contributed by atoms with Gasteiger partial charge in [0.25, 0.3) is 0 Å². The third-order valence-electron chi connectivity index (χ3n) is 10.4. The number of nitrogens with zero attached hydrogens (tertiary/aromatic N) is 4. The van der Waals surface area contributed by atoms with Crippen LogP contribution in [0.5, 0.6) is 5.75 Å². The average molecular weight is 762 g/mol. The van der Waals surface area contributed by atoms with Gasteiger partial charge in [0, 0.05) is 69.9 Å². The van der Waals surface area contributed by atoms with E-state index in [1.54, 1.807) is 17.0 Å². The van der Waals surface area contributed by atoms with Gasteiger partial charge in [-0.15, -0.1) is 0 Å². The minimum Gasteiger partial charge on any atom is -0.506 e. The summed E-state index contributed by atoms with van der Waals surface area (Å²) in [5.41, 5.74) is 1.73. The number of amides is 3. The summed E-state index contributed by atoms with van der Waals surface area (Å²) >= 11 is 6.70. The van der Waals surface area contributed by atoms with Crippen molar-refractivity contribution in [2.75, 3.05) is 44.6 Å². The molecule has 3 amide bonds. The Balaban J connectivity index is 1.24. The van der Waals surface area contributed by atoms with Crippen LogP contribution in [-0.2, 0) is 22.6 Å². The molecule has 2 aromatic carbocycles. The maximum absolute atomic E-state index is 14.0. The first-order chi connectivity index (χ1) is 22.3. The van der Waals surface area contributed by atoms with Gasteiger partial charge >= 0.3 is 12.1 Å². The number of benzene rings is 2. The zero-order valence-corrected chi connectivity index (χ0v) is 29.3. The molecule has 2 N–H and O–H groups in total. The van der Waals surface area contributed by atoms with Crippen molar-refractivity contribution in [2.45, 2.75) is 82.1 Å². The smallest absolute Gasteiger partial charge is 0.411 e. The van der Waals surface area contributed by atoms with E-state index in [0.717, 1.165) is 50.1 Å². The van der Waals surface area contributed by atoms with E-state index < -0.39 is 11.8 Å². The Labute approximate surface area is 287 Å². The minimum absolute atomic E-state index is 0.00958. The molecule has 1 saturated carbocycles. The molecule has 1 aliphatic carbocycles. The van der Waals surface area contributed by atoms with E-state index in [0.29, 0.717) is 46.5 Å². The first kappa shape index (κ1) is 33.2. The monoisotopic (exact) mass is 759 g/mol. The number of ether oxygens (including phenoxy) is 1. The molecular weight excluding hydrogens is 718 g/mol. The number of hydrogen-bond donors (Lipinski definition) is 2. The fourth-order valence-electron chi connectivity index (χ4n) is 7.97. The number of rotatable bonds is 7. The number of nitrogens with one attached hydrogen (secondary N) is 1. The Hall–Kier alpha value is -2.67. The first-order valence-electron chi connectivity index (χ1n) is 16.5. The van der Waals surface area contributed by atoms with Crippen LogP contribution >= 0.6 is 31.9 Å². The zero-order chi connectivity index (χ0) is 32.3. The minimum atomic E-state index is -0.921. The van der Waals surface area contributed by atoms with E-state index in [1.165, 1.54) is 32.1 Å². The Morgan fingerprint density at radius 2 is 1.70 bits per heavy atom. The molecular formula is C34H43Br2N5O5. The fourth-order valence-corrected chi connectivity index (χ4v) is 9.25. The van der Waals surface area contributed by atoms with Crippen molar-refractivity contribution < 1.29 is 24.2 Å². The van der Waals surface area contributed by atoms with Gasteiger partial charge in [-0.05, 0) is 86.9 Å². The summed E-state index contributed by atoms with van der Waals surface area (Å²) in [4.78, 5) is 48.6. The number of phenols is 1. The number of piperazine rings is 1. The number of carbonyl (C=O) groups excluding carboxylic acids is 3. The maximum atomic E-state index is 14.0. The molecule has 10 nitrogen and oxygen atoms in total. The number of urea groups is 1. The number of aromatic hydroxyl groups is 1. The van der Waals surface area contributed by atoms with Crippen molar-refractivity contribution >= 4 is 56.0 Å². The standard InChI is InChI=1S/C34H43Br2N5O5/c35-28-20-24(21-29(36)31(28)43)23-46-33(45)41-14-11-27(40-13-10-25-6-4-5-9-30(25)37-32(40)44)22-34(41,12-19-42)39-17-15-38(16-18-39)26-7-2-1-3-8-26/h4-6,9,19-21,26-27,43H,1-3,7-8,10-18,22-23H2,(H,37,44)/t27-,34+/m1/s1. The molecule has 6 rings (SSSR count). The summed E-state index contributed by atoms with van der Waals surface area (Å²) < 4.78 is 6.90. The molecule has 4 aliphatic rings. The SMILES string of the molecule is O=CC[C@@]1(N2CCN(C3CCCCC3)CC2)C[C@H](N2CCc3ccccc3NC2=O)CCN1C(=O)OCc1cc(Br)c(O)c(Br)c1. The van der Waals surface area contributed by atoms with Gasteiger partial charge in [0.05, 0.1) is 8.95 Å². The lowest BCUT2D eigenvalue weighted by atomic mass is 9.85. The zero-order valence-electron chi connectivity index (χ0n) is 26.1. The number of fused-ring (bicyclic) bond motifs is 1. The van der Waals surface area contributed by atoms with Crippen LogP contribution in [0.4, 0.5) is 15.3 Å². The van der Waals surface area contributed by atoms with E-state index in [-0.39, 0.29) is 30.9 Å². The number of halogens is 2. The molecule has 0 bridgehead atoms. The molecule has 12 heteroatoms. The number of para-hydroxylation sites is 1. The summed E-state index contributed by atoms with van der Waals surface area (Å²) in [5.74, 6) is 0.0789. The van der Waals surface area contributed by atoms with E-state index in [9.17, 15) is 19.5 Å². The summed E-state index contributed by atoms with van der Waals surface area (Å²) in [5, 5.41) is 13.2. The highest BCUT2D eigenvalue weighted by molar-refractivity contribution is 9.11. The summed E-state index contributed by atoms with van der Waals surface area (Å²) in [6, 6.07) is 11.6.